The van der Waals surface area contributed by atoms with Gasteiger partial charge < -0.3 is 5.32 Å². The Morgan fingerprint density at radius 1 is 1.18 bits per heavy atom. The summed E-state index contributed by atoms with van der Waals surface area (Å²) >= 11 is 0. The van der Waals surface area contributed by atoms with Gasteiger partial charge in [0.05, 0.1) is 23.8 Å². The number of hydrogen-bond donors (Lipinski definition) is 1. The van der Waals surface area contributed by atoms with Crippen molar-refractivity contribution < 1.29 is 13.2 Å². The molecule has 0 aliphatic heterocycles. The first-order chi connectivity index (χ1) is 10.4. The van der Waals surface area contributed by atoms with Crippen LogP contribution in [0, 0.1) is 0 Å². The van der Waals surface area contributed by atoms with E-state index >= 15 is 0 Å². The SMILES string of the molecule is CC(C(=O)Nc1cccnc1)N(c1ccccc1)S(C)(=O)=O. The molecular formula is C15H17N3O3S. The van der Waals surface area contributed by atoms with Crippen molar-refractivity contribution in [1.29, 1.82) is 0 Å². The number of carbonyl (C=O) groups excluding carboxylic acids is 1. The van der Waals surface area contributed by atoms with Gasteiger partial charge in [-0.15, -0.1) is 0 Å². The zero-order chi connectivity index (χ0) is 16.2. The molecule has 0 radical (unpaired) electrons. The Morgan fingerprint density at radius 2 is 1.86 bits per heavy atom. The molecule has 2 rings (SSSR count). The van der Waals surface area contributed by atoms with Gasteiger partial charge in [0.25, 0.3) is 0 Å². The van der Waals surface area contributed by atoms with Crippen molar-refractivity contribution in [2.45, 2.75) is 13.0 Å². The van der Waals surface area contributed by atoms with Crippen molar-refractivity contribution in [2.24, 2.45) is 0 Å². The predicted octanol–water partition coefficient (Wildman–Crippen LogP) is 1.87. The Labute approximate surface area is 129 Å². The Balaban J connectivity index is 2.27. The molecular weight excluding hydrogens is 302 g/mol. The van der Waals surface area contributed by atoms with Crippen LogP contribution in [0.25, 0.3) is 0 Å². The molecule has 116 valence electrons. The Kier molecular flexibility index (Phi) is 4.77. The zero-order valence-electron chi connectivity index (χ0n) is 12.3. The summed E-state index contributed by atoms with van der Waals surface area (Å²) in [6.07, 6.45) is 4.16. The Bertz CT molecular complexity index is 733. The number of nitrogens with zero attached hydrogens (tertiary/aromatic N) is 2. The third kappa shape index (κ3) is 3.82. The van der Waals surface area contributed by atoms with E-state index in [0.717, 1.165) is 10.6 Å². The first-order valence-corrected chi connectivity index (χ1v) is 8.50. The average Bonchev–Trinajstić information content (AvgIpc) is 2.48. The van der Waals surface area contributed by atoms with Gasteiger partial charge in [0.2, 0.25) is 15.9 Å². The smallest absolute Gasteiger partial charge is 0.248 e. The van der Waals surface area contributed by atoms with Gasteiger partial charge in [-0.05, 0) is 31.2 Å². The minimum atomic E-state index is -3.60. The molecule has 1 aromatic heterocycles. The molecule has 7 heteroatoms. The minimum Gasteiger partial charge on any atom is -0.323 e. The summed E-state index contributed by atoms with van der Waals surface area (Å²) in [5.74, 6) is -0.428. The number of hydrogen-bond acceptors (Lipinski definition) is 4. The molecule has 0 saturated heterocycles. The molecule has 0 aliphatic carbocycles. The van der Waals surface area contributed by atoms with Crippen LogP contribution < -0.4 is 9.62 Å². The van der Waals surface area contributed by atoms with Gasteiger partial charge in [0.15, 0.2) is 0 Å². The van der Waals surface area contributed by atoms with E-state index < -0.39 is 22.0 Å². The molecule has 0 saturated carbocycles. The Hall–Kier alpha value is -2.41. The summed E-state index contributed by atoms with van der Waals surface area (Å²) in [6, 6.07) is 11.0. The molecule has 0 fully saturated rings. The second-order valence-electron chi connectivity index (χ2n) is 4.80. The third-order valence-electron chi connectivity index (χ3n) is 3.03. The van der Waals surface area contributed by atoms with Crippen LogP contribution >= 0.6 is 0 Å². The van der Waals surface area contributed by atoms with Crippen LogP contribution in [-0.4, -0.2) is 31.6 Å². The molecule has 1 atom stereocenters. The van der Waals surface area contributed by atoms with E-state index in [1.54, 1.807) is 55.6 Å². The number of aromatic nitrogens is 1. The summed E-state index contributed by atoms with van der Waals surface area (Å²) < 4.78 is 25.2. The van der Waals surface area contributed by atoms with Crippen molar-refractivity contribution in [3.63, 3.8) is 0 Å². The standard InChI is InChI=1S/C15H17N3O3S/c1-12(15(19)17-13-7-6-10-16-11-13)18(22(2,20)21)14-8-4-3-5-9-14/h3-12H,1-2H3,(H,17,19). The van der Waals surface area contributed by atoms with Crippen molar-refractivity contribution in [2.75, 3.05) is 15.9 Å². The predicted molar refractivity (Wildman–Crippen MR) is 86.1 cm³/mol. The monoisotopic (exact) mass is 319 g/mol. The molecule has 6 nitrogen and oxygen atoms in total. The summed E-state index contributed by atoms with van der Waals surface area (Å²) in [7, 11) is -3.60. The highest BCUT2D eigenvalue weighted by atomic mass is 32.2. The molecule has 1 aromatic carbocycles. The van der Waals surface area contributed by atoms with E-state index in [1.807, 2.05) is 0 Å². The maximum atomic E-state index is 12.3. The lowest BCUT2D eigenvalue weighted by molar-refractivity contribution is -0.116. The average molecular weight is 319 g/mol. The van der Waals surface area contributed by atoms with Gasteiger partial charge in [0, 0.05) is 6.20 Å². The lowest BCUT2D eigenvalue weighted by Crippen LogP contribution is -2.45. The molecule has 0 spiro atoms. The van der Waals surface area contributed by atoms with Crippen LogP contribution in [0.15, 0.2) is 54.9 Å². The lowest BCUT2D eigenvalue weighted by atomic mass is 10.2. The number of amides is 1. The third-order valence-corrected chi connectivity index (χ3v) is 4.27. The summed E-state index contributed by atoms with van der Waals surface area (Å²) in [4.78, 5) is 16.2. The van der Waals surface area contributed by atoms with E-state index in [1.165, 1.54) is 6.20 Å². The number of anilines is 2. The fraction of sp³-hybridized carbons (Fsp3) is 0.200. The van der Waals surface area contributed by atoms with Crippen molar-refractivity contribution >= 4 is 27.3 Å². The van der Waals surface area contributed by atoms with Gasteiger partial charge >= 0.3 is 0 Å². The fourth-order valence-electron chi connectivity index (χ4n) is 2.07. The normalized spacial score (nSPS) is 12.5. The number of rotatable bonds is 5. The van der Waals surface area contributed by atoms with E-state index in [0.29, 0.717) is 11.4 Å². The largest absolute Gasteiger partial charge is 0.323 e. The van der Waals surface area contributed by atoms with E-state index in [-0.39, 0.29) is 0 Å². The number of pyridine rings is 1. The number of nitrogens with one attached hydrogen (secondary N) is 1. The summed E-state index contributed by atoms with van der Waals surface area (Å²) in [6.45, 7) is 1.54. The maximum absolute atomic E-state index is 12.3. The summed E-state index contributed by atoms with van der Waals surface area (Å²) in [5.41, 5.74) is 0.958. The van der Waals surface area contributed by atoms with Gasteiger partial charge in [-0.1, -0.05) is 18.2 Å². The van der Waals surface area contributed by atoms with Gasteiger partial charge in [-0.3, -0.25) is 14.1 Å². The van der Waals surface area contributed by atoms with E-state index in [4.69, 9.17) is 0 Å². The molecule has 1 amide bonds. The summed E-state index contributed by atoms with van der Waals surface area (Å²) in [5, 5.41) is 2.66. The maximum Gasteiger partial charge on any atom is 0.248 e. The molecule has 0 aliphatic rings. The molecule has 2 aromatic rings. The molecule has 1 heterocycles. The van der Waals surface area contributed by atoms with Gasteiger partial charge in [-0.25, -0.2) is 8.42 Å². The second kappa shape index (κ2) is 6.57. The van der Waals surface area contributed by atoms with Crippen LogP contribution in [0.1, 0.15) is 6.92 Å². The number of para-hydroxylation sites is 1. The van der Waals surface area contributed by atoms with Crippen LogP contribution in [-0.2, 0) is 14.8 Å². The Morgan fingerprint density at radius 3 is 2.41 bits per heavy atom. The first-order valence-electron chi connectivity index (χ1n) is 6.65. The minimum absolute atomic E-state index is 0.428. The van der Waals surface area contributed by atoms with Gasteiger partial charge in [0.1, 0.15) is 6.04 Å². The molecule has 0 bridgehead atoms. The van der Waals surface area contributed by atoms with Crippen molar-refractivity contribution in [3.8, 4) is 0 Å². The van der Waals surface area contributed by atoms with Crippen LogP contribution in [0.4, 0.5) is 11.4 Å². The highest BCUT2D eigenvalue weighted by Gasteiger charge is 2.28. The quantitative estimate of drug-likeness (QED) is 0.912. The number of benzene rings is 1. The van der Waals surface area contributed by atoms with Gasteiger partial charge in [-0.2, -0.15) is 0 Å². The zero-order valence-corrected chi connectivity index (χ0v) is 13.1. The van der Waals surface area contributed by atoms with Crippen molar-refractivity contribution in [3.05, 3.63) is 54.9 Å². The molecule has 1 N–H and O–H groups in total. The van der Waals surface area contributed by atoms with Crippen LogP contribution in [0.3, 0.4) is 0 Å². The number of sulfonamides is 1. The highest BCUT2D eigenvalue weighted by Crippen LogP contribution is 2.20. The lowest BCUT2D eigenvalue weighted by Gasteiger charge is -2.28. The fourth-order valence-corrected chi connectivity index (χ4v) is 3.24. The molecule has 1 unspecified atom stereocenters. The van der Waals surface area contributed by atoms with E-state index in [2.05, 4.69) is 10.3 Å². The van der Waals surface area contributed by atoms with Crippen LogP contribution in [0.2, 0.25) is 0 Å². The van der Waals surface area contributed by atoms with E-state index in [9.17, 15) is 13.2 Å². The second-order valence-corrected chi connectivity index (χ2v) is 6.66. The first kappa shape index (κ1) is 16.0. The van der Waals surface area contributed by atoms with Crippen LogP contribution in [0.5, 0.6) is 0 Å². The topological polar surface area (TPSA) is 79.4 Å². The molecule has 22 heavy (non-hydrogen) atoms. The number of carbonyl (C=O) groups is 1. The van der Waals surface area contributed by atoms with Crippen molar-refractivity contribution in [1.82, 2.24) is 4.98 Å². The highest BCUT2D eigenvalue weighted by molar-refractivity contribution is 7.92.